The maximum Gasteiger partial charge on any atom is 0.269 e. The van der Waals surface area contributed by atoms with Crippen LogP contribution in [0.4, 0.5) is 5.69 Å². The SMILES string of the molecule is O=C(Nc1cccc(/C=C/c2ccccn2)c1)[C@H]1COc2ccccc2O1. The molecule has 0 fully saturated rings. The number of benzene rings is 2. The maximum atomic E-state index is 12.5. The van der Waals surface area contributed by atoms with Crippen molar-refractivity contribution in [3.63, 3.8) is 0 Å². The fourth-order valence-corrected chi connectivity index (χ4v) is 2.75. The monoisotopic (exact) mass is 358 g/mol. The number of hydrogen-bond donors (Lipinski definition) is 1. The zero-order chi connectivity index (χ0) is 18.5. The second kappa shape index (κ2) is 7.74. The van der Waals surface area contributed by atoms with Crippen molar-refractivity contribution in [3.8, 4) is 11.5 Å². The van der Waals surface area contributed by atoms with Crippen LogP contribution >= 0.6 is 0 Å². The number of nitrogens with one attached hydrogen (secondary N) is 1. The first-order chi connectivity index (χ1) is 13.3. The van der Waals surface area contributed by atoms with Crippen LogP contribution in [0, 0.1) is 0 Å². The lowest BCUT2D eigenvalue weighted by Gasteiger charge is -2.25. The third-order valence-electron chi connectivity index (χ3n) is 4.09. The molecule has 1 atom stereocenters. The molecule has 0 saturated heterocycles. The van der Waals surface area contributed by atoms with E-state index in [-0.39, 0.29) is 12.5 Å². The van der Waals surface area contributed by atoms with Gasteiger partial charge in [-0.25, -0.2) is 0 Å². The number of carbonyl (C=O) groups is 1. The molecule has 5 heteroatoms. The Kier molecular flexibility index (Phi) is 4.83. The van der Waals surface area contributed by atoms with Crippen molar-refractivity contribution in [1.82, 2.24) is 4.98 Å². The van der Waals surface area contributed by atoms with Crippen LogP contribution in [0.15, 0.2) is 72.9 Å². The van der Waals surface area contributed by atoms with Crippen molar-refractivity contribution in [2.24, 2.45) is 0 Å². The highest BCUT2D eigenvalue weighted by molar-refractivity contribution is 5.95. The molecule has 0 unspecified atom stereocenters. The normalized spacial score (nSPS) is 15.5. The van der Waals surface area contributed by atoms with Gasteiger partial charge >= 0.3 is 0 Å². The second-order valence-electron chi connectivity index (χ2n) is 6.07. The van der Waals surface area contributed by atoms with E-state index in [1.807, 2.05) is 72.8 Å². The van der Waals surface area contributed by atoms with Gasteiger partial charge in [0.05, 0.1) is 5.69 Å². The van der Waals surface area contributed by atoms with Crippen LogP contribution in [-0.4, -0.2) is 23.6 Å². The van der Waals surface area contributed by atoms with Crippen LogP contribution < -0.4 is 14.8 Å². The highest BCUT2D eigenvalue weighted by Gasteiger charge is 2.27. The first kappa shape index (κ1) is 16.8. The zero-order valence-electron chi connectivity index (χ0n) is 14.5. The number of ether oxygens (including phenoxy) is 2. The number of anilines is 1. The van der Waals surface area contributed by atoms with Crippen LogP contribution in [0.3, 0.4) is 0 Å². The van der Waals surface area contributed by atoms with Gasteiger partial charge in [-0.3, -0.25) is 9.78 Å². The molecular formula is C22H18N2O3. The molecule has 0 aliphatic carbocycles. The number of aromatic nitrogens is 1. The summed E-state index contributed by atoms with van der Waals surface area (Å²) in [6.45, 7) is 0.183. The van der Waals surface area contributed by atoms with Crippen LogP contribution in [0.2, 0.25) is 0 Å². The summed E-state index contributed by atoms with van der Waals surface area (Å²) in [4.78, 5) is 16.8. The van der Waals surface area contributed by atoms with Gasteiger partial charge < -0.3 is 14.8 Å². The van der Waals surface area contributed by atoms with Gasteiger partial charge in [0.25, 0.3) is 5.91 Å². The number of rotatable bonds is 4. The Labute approximate surface area is 157 Å². The molecule has 1 aliphatic heterocycles. The van der Waals surface area contributed by atoms with E-state index >= 15 is 0 Å². The van der Waals surface area contributed by atoms with E-state index in [1.165, 1.54) is 0 Å². The molecule has 1 aromatic heterocycles. The quantitative estimate of drug-likeness (QED) is 0.765. The lowest BCUT2D eigenvalue weighted by molar-refractivity contribution is -0.125. The topological polar surface area (TPSA) is 60.5 Å². The lowest BCUT2D eigenvalue weighted by atomic mass is 10.1. The summed E-state index contributed by atoms with van der Waals surface area (Å²) < 4.78 is 11.3. The Morgan fingerprint density at radius 2 is 1.85 bits per heavy atom. The molecule has 5 nitrogen and oxygen atoms in total. The summed E-state index contributed by atoms with van der Waals surface area (Å²) in [6, 6.07) is 20.7. The molecular weight excluding hydrogens is 340 g/mol. The van der Waals surface area contributed by atoms with Crippen LogP contribution in [0.25, 0.3) is 12.2 Å². The Morgan fingerprint density at radius 1 is 1.00 bits per heavy atom. The fourth-order valence-electron chi connectivity index (χ4n) is 2.75. The molecule has 0 saturated carbocycles. The molecule has 2 aromatic carbocycles. The standard InChI is InChI=1S/C22H18N2O3/c25-22(21-15-26-19-9-1-2-10-20(19)27-21)24-18-8-5-6-16(14-18)11-12-17-7-3-4-13-23-17/h1-14,21H,15H2,(H,24,25)/b12-11+/t21-/m1/s1. The number of amides is 1. The van der Waals surface area contributed by atoms with E-state index in [0.717, 1.165) is 11.3 Å². The van der Waals surface area contributed by atoms with Crippen LogP contribution in [-0.2, 0) is 4.79 Å². The maximum absolute atomic E-state index is 12.5. The molecule has 3 aromatic rings. The van der Waals surface area contributed by atoms with E-state index in [0.29, 0.717) is 17.2 Å². The van der Waals surface area contributed by atoms with E-state index in [4.69, 9.17) is 9.47 Å². The number of hydrogen-bond acceptors (Lipinski definition) is 4. The molecule has 2 heterocycles. The predicted octanol–water partition coefficient (Wildman–Crippen LogP) is 4.03. The Morgan fingerprint density at radius 3 is 2.70 bits per heavy atom. The lowest BCUT2D eigenvalue weighted by Crippen LogP contribution is -2.40. The summed E-state index contributed by atoms with van der Waals surface area (Å²) >= 11 is 0. The van der Waals surface area contributed by atoms with Crippen molar-refractivity contribution in [3.05, 3.63) is 84.2 Å². The number of fused-ring (bicyclic) bond motifs is 1. The molecule has 1 amide bonds. The largest absolute Gasteiger partial charge is 0.485 e. The average Bonchev–Trinajstić information content (AvgIpc) is 2.73. The van der Waals surface area contributed by atoms with Crippen molar-refractivity contribution in [1.29, 1.82) is 0 Å². The third-order valence-corrected chi connectivity index (χ3v) is 4.09. The highest BCUT2D eigenvalue weighted by atomic mass is 16.6. The molecule has 1 aliphatic rings. The van der Waals surface area contributed by atoms with Crippen molar-refractivity contribution in [2.75, 3.05) is 11.9 Å². The fraction of sp³-hybridized carbons (Fsp3) is 0.0909. The van der Waals surface area contributed by atoms with E-state index in [1.54, 1.807) is 12.3 Å². The number of pyridine rings is 1. The summed E-state index contributed by atoms with van der Waals surface area (Å²) in [5.41, 5.74) is 2.54. The molecule has 134 valence electrons. The molecule has 4 rings (SSSR count). The number of para-hydroxylation sites is 2. The first-order valence-corrected chi connectivity index (χ1v) is 8.66. The van der Waals surface area contributed by atoms with Crippen LogP contribution in [0.1, 0.15) is 11.3 Å². The number of carbonyl (C=O) groups excluding carboxylic acids is 1. The summed E-state index contributed by atoms with van der Waals surface area (Å²) in [7, 11) is 0. The molecule has 1 N–H and O–H groups in total. The second-order valence-corrected chi connectivity index (χ2v) is 6.07. The van der Waals surface area contributed by atoms with Gasteiger partial charge in [-0.1, -0.05) is 36.4 Å². The van der Waals surface area contributed by atoms with E-state index in [2.05, 4.69) is 10.3 Å². The van der Waals surface area contributed by atoms with Gasteiger partial charge in [0.2, 0.25) is 6.10 Å². The minimum absolute atomic E-state index is 0.183. The summed E-state index contributed by atoms with van der Waals surface area (Å²) in [5.74, 6) is 0.995. The molecule has 27 heavy (non-hydrogen) atoms. The minimum Gasteiger partial charge on any atom is -0.485 e. The van der Waals surface area contributed by atoms with Gasteiger partial charge in [-0.2, -0.15) is 0 Å². The zero-order valence-corrected chi connectivity index (χ0v) is 14.5. The van der Waals surface area contributed by atoms with Gasteiger partial charge in [-0.05, 0) is 48.0 Å². The van der Waals surface area contributed by atoms with Crippen molar-refractivity contribution < 1.29 is 14.3 Å². The summed E-state index contributed by atoms with van der Waals surface area (Å²) in [6.07, 6.45) is 4.94. The summed E-state index contributed by atoms with van der Waals surface area (Å²) in [5, 5.41) is 2.89. The van der Waals surface area contributed by atoms with Crippen molar-refractivity contribution >= 4 is 23.7 Å². The third kappa shape index (κ3) is 4.15. The van der Waals surface area contributed by atoms with Crippen molar-refractivity contribution in [2.45, 2.75) is 6.10 Å². The molecule has 0 radical (unpaired) electrons. The van der Waals surface area contributed by atoms with Crippen LogP contribution in [0.5, 0.6) is 11.5 Å². The predicted molar refractivity (Wildman–Crippen MR) is 105 cm³/mol. The first-order valence-electron chi connectivity index (χ1n) is 8.66. The van der Waals surface area contributed by atoms with Gasteiger partial charge in [0, 0.05) is 11.9 Å². The highest BCUT2D eigenvalue weighted by Crippen LogP contribution is 2.31. The van der Waals surface area contributed by atoms with Gasteiger partial charge in [0.1, 0.15) is 6.61 Å². The Hall–Kier alpha value is -3.60. The van der Waals surface area contributed by atoms with Gasteiger partial charge in [0.15, 0.2) is 11.5 Å². The van der Waals surface area contributed by atoms with E-state index in [9.17, 15) is 4.79 Å². The Balaban J connectivity index is 1.42. The Bertz CT molecular complexity index is 970. The smallest absolute Gasteiger partial charge is 0.269 e. The minimum atomic E-state index is -0.687. The number of nitrogens with zero attached hydrogens (tertiary/aromatic N) is 1. The average molecular weight is 358 g/mol. The van der Waals surface area contributed by atoms with Gasteiger partial charge in [-0.15, -0.1) is 0 Å². The molecule has 0 bridgehead atoms. The molecule has 0 spiro atoms. The van der Waals surface area contributed by atoms with E-state index < -0.39 is 6.10 Å².